The number of aryl methyl sites for hydroxylation is 1. The van der Waals surface area contributed by atoms with Crippen molar-refractivity contribution in [3.05, 3.63) is 17.7 Å². The first-order valence-corrected chi connectivity index (χ1v) is 6.28. The van der Waals surface area contributed by atoms with Crippen LogP contribution in [0.4, 0.5) is 0 Å². The molecule has 0 saturated heterocycles. The summed E-state index contributed by atoms with van der Waals surface area (Å²) >= 11 is 0. The summed E-state index contributed by atoms with van der Waals surface area (Å²) in [5.74, 6) is 0.624. The van der Waals surface area contributed by atoms with E-state index in [0.29, 0.717) is 12.0 Å². The zero-order valence-corrected chi connectivity index (χ0v) is 11.2. The fraction of sp³-hybridized carbons (Fsp3) is 0.769. The molecule has 0 aromatic carbocycles. The molecule has 0 bridgehead atoms. The molecule has 2 unspecified atom stereocenters. The van der Waals surface area contributed by atoms with Gasteiger partial charge in [-0.2, -0.15) is 0 Å². The highest BCUT2D eigenvalue weighted by atomic mass is 15.1. The highest BCUT2D eigenvalue weighted by Crippen LogP contribution is 2.20. The molecule has 0 aliphatic carbocycles. The molecule has 0 fully saturated rings. The van der Waals surface area contributed by atoms with Gasteiger partial charge in [0.25, 0.3) is 0 Å². The van der Waals surface area contributed by atoms with E-state index in [0.717, 1.165) is 18.8 Å². The maximum absolute atomic E-state index is 4.36. The second-order valence-corrected chi connectivity index (χ2v) is 4.74. The van der Waals surface area contributed by atoms with Crippen LogP contribution in [-0.2, 0) is 0 Å². The van der Waals surface area contributed by atoms with Crippen molar-refractivity contribution >= 4 is 0 Å². The first-order chi connectivity index (χ1) is 7.57. The van der Waals surface area contributed by atoms with Gasteiger partial charge >= 0.3 is 0 Å². The third-order valence-electron chi connectivity index (χ3n) is 3.44. The van der Waals surface area contributed by atoms with Crippen LogP contribution in [0.25, 0.3) is 0 Å². The molecule has 1 aromatic rings. The van der Waals surface area contributed by atoms with Crippen molar-refractivity contribution in [1.29, 1.82) is 0 Å². The molecule has 0 aliphatic rings. The van der Waals surface area contributed by atoms with Gasteiger partial charge in [-0.3, -0.25) is 0 Å². The SMILES string of the molecule is CCCNCC(C)C(C)n1cnc(C)c1C. The molecule has 0 aliphatic heterocycles. The molecule has 0 spiro atoms. The third kappa shape index (κ3) is 3.08. The average Bonchev–Trinajstić information content (AvgIpc) is 2.59. The molecule has 3 nitrogen and oxygen atoms in total. The molecule has 0 amide bonds. The van der Waals surface area contributed by atoms with E-state index in [1.165, 1.54) is 12.1 Å². The highest BCUT2D eigenvalue weighted by molar-refractivity contribution is 5.09. The van der Waals surface area contributed by atoms with Crippen LogP contribution < -0.4 is 5.32 Å². The van der Waals surface area contributed by atoms with E-state index in [1.807, 2.05) is 6.33 Å². The molecule has 1 heterocycles. The molecule has 1 N–H and O–H groups in total. The minimum absolute atomic E-state index is 0.505. The van der Waals surface area contributed by atoms with Gasteiger partial charge in [-0.05, 0) is 46.2 Å². The number of hydrogen-bond donors (Lipinski definition) is 1. The first-order valence-electron chi connectivity index (χ1n) is 6.28. The van der Waals surface area contributed by atoms with Gasteiger partial charge in [0.1, 0.15) is 0 Å². The lowest BCUT2D eigenvalue weighted by atomic mass is 10.0. The number of rotatable bonds is 6. The lowest BCUT2D eigenvalue weighted by molar-refractivity contribution is 0.357. The van der Waals surface area contributed by atoms with Crippen molar-refractivity contribution in [3.8, 4) is 0 Å². The van der Waals surface area contributed by atoms with E-state index in [-0.39, 0.29) is 0 Å². The number of imidazole rings is 1. The Morgan fingerprint density at radius 3 is 2.56 bits per heavy atom. The Hall–Kier alpha value is -0.830. The second kappa shape index (κ2) is 6.04. The van der Waals surface area contributed by atoms with Crippen molar-refractivity contribution in [2.75, 3.05) is 13.1 Å². The van der Waals surface area contributed by atoms with Gasteiger partial charge in [0.15, 0.2) is 0 Å². The number of hydrogen-bond acceptors (Lipinski definition) is 2. The Labute approximate surface area is 99.3 Å². The van der Waals surface area contributed by atoms with Gasteiger partial charge in [-0.25, -0.2) is 4.98 Å². The predicted octanol–water partition coefficient (Wildman–Crippen LogP) is 2.70. The molecule has 1 rings (SSSR count). The van der Waals surface area contributed by atoms with Gasteiger partial charge in [0.2, 0.25) is 0 Å². The van der Waals surface area contributed by atoms with Crippen LogP contribution in [0.5, 0.6) is 0 Å². The predicted molar refractivity (Wildman–Crippen MR) is 68.7 cm³/mol. The Balaban J connectivity index is 2.56. The second-order valence-electron chi connectivity index (χ2n) is 4.74. The number of aromatic nitrogens is 2. The molecule has 2 atom stereocenters. The minimum Gasteiger partial charge on any atom is -0.332 e. The van der Waals surface area contributed by atoms with Crippen LogP contribution in [0.3, 0.4) is 0 Å². The smallest absolute Gasteiger partial charge is 0.0954 e. The van der Waals surface area contributed by atoms with E-state index < -0.39 is 0 Å². The monoisotopic (exact) mass is 223 g/mol. The summed E-state index contributed by atoms with van der Waals surface area (Å²) in [6.45, 7) is 13.2. The molecule has 0 radical (unpaired) electrons. The molecular formula is C13H25N3. The molecule has 1 aromatic heterocycles. The molecule has 0 saturated carbocycles. The Morgan fingerprint density at radius 1 is 1.38 bits per heavy atom. The lowest BCUT2D eigenvalue weighted by Crippen LogP contribution is -2.27. The molecule has 16 heavy (non-hydrogen) atoms. The van der Waals surface area contributed by atoms with E-state index >= 15 is 0 Å². The first kappa shape index (κ1) is 13.2. The summed E-state index contributed by atoms with van der Waals surface area (Å²) < 4.78 is 2.29. The van der Waals surface area contributed by atoms with E-state index in [4.69, 9.17) is 0 Å². The summed E-state index contributed by atoms with van der Waals surface area (Å²) in [5.41, 5.74) is 2.43. The van der Waals surface area contributed by atoms with E-state index in [9.17, 15) is 0 Å². The average molecular weight is 223 g/mol. The van der Waals surface area contributed by atoms with Crippen LogP contribution in [-0.4, -0.2) is 22.6 Å². The molecule has 92 valence electrons. The normalized spacial score (nSPS) is 15.1. The summed E-state index contributed by atoms with van der Waals surface area (Å²) in [6.07, 6.45) is 3.16. The number of nitrogens with zero attached hydrogens (tertiary/aromatic N) is 2. The van der Waals surface area contributed by atoms with Crippen molar-refractivity contribution in [1.82, 2.24) is 14.9 Å². The fourth-order valence-electron chi connectivity index (χ4n) is 1.88. The fourth-order valence-corrected chi connectivity index (χ4v) is 1.88. The van der Waals surface area contributed by atoms with Crippen molar-refractivity contribution in [3.63, 3.8) is 0 Å². The summed E-state index contributed by atoms with van der Waals surface area (Å²) in [4.78, 5) is 4.36. The number of nitrogens with one attached hydrogen (secondary N) is 1. The van der Waals surface area contributed by atoms with Gasteiger partial charge in [-0.15, -0.1) is 0 Å². The summed E-state index contributed by atoms with van der Waals surface area (Å²) in [5, 5.41) is 3.48. The zero-order valence-electron chi connectivity index (χ0n) is 11.2. The quantitative estimate of drug-likeness (QED) is 0.751. The maximum atomic E-state index is 4.36. The van der Waals surface area contributed by atoms with Crippen LogP contribution in [0.2, 0.25) is 0 Å². The topological polar surface area (TPSA) is 29.9 Å². The standard InChI is InChI=1S/C13H25N3/c1-6-7-14-8-10(2)12(4)16-9-15-11(3)13(16)5/h9-10,12,14H,6-8H2,1-5H3. The van der Waals surface area contributed by atoms with Crippen molar-refractivity contribution in [2.45, 2.75) is 47.1 Å². The van der Waals surface area contributed by atoms with Crippen molar-refractivity contribution in [2.24, 2.45) is 5.92 Å². The van der Waals surface area contributed by atoms with Crippen LogP contribution in [0.1, 0.15) is 44.6 Å². The molecule has 3 heteroatoms. The van der Waals surface area contributed by atoms with Gasteiger partial charge < -0.3 is 9.88 Å². The van der Waals surface area contributed by atoms with Gasteiger partial charge in [-0.1, -0.05) is 13.8 Å². The van der Waals surface area contributed by atoms with Crippen LogP contribution >= 0.6 is 0 Å². The summed E-state index contributed by atoms with van der Waals surface area (Å²) in [6, 6.07) is 0.505. The zero-order chi connectivity index (χ0) is 12.1. The van der Waals surface area contributed by atoms with Crippen LogP contribution in [0.15, 0.2) is 6.33 Å². The Kier molecular flexibility index (Phi) is 5.00. The maximum Gasteiger partial charge on any atom is 0.0954 e. The van der Waals surface area contributed by atoms with Gasteiger partial charge in [0, 0.05) is 11.7 Å². The highest BCUT2D eigenvalue weighted by Gasteiger charge is 2.15. The third-order valence-corrected chi connectivity index (χ3v) is 3.44. The summed E-state index contributed by atoms with van der Waals surface area (Å²) in [7, 11) is 0. The largest absolute Gasteiger partial charge is 0.332 e. The molecular weight excluding hydrogens is 198 g/mol. The van der Waals surface area contributed by atoms with E-state index in [2.05, 4.69) is 49.5 Å². The minimum atomic E-state index is 0.505. The van der Waals surface area contributed by atoms with Gasteiger partial charge in [0.05, 0.1) is 12.0 Å². The Morgan fingerprint density at radius 2 is 2.06 bits per heavy atom. The van der Waals surface area contributed by atoms with Crippen molar-refractivity contribution < 1.29 is 0 Å². The lowest BCUT2D eigenvalue weighted by Gasteiger charge is -2.23. The van der Waals surface area contributed by atoms with Crippen LogP contribution in [0, 0.1) is 19.8 Å². The Bertz CT molecular complexity index is 317. The van der Waals surface area contributed by atoms with E-state index in [1.54, 1.807) is 0 Å².